The van der Waals surface area contributed by atoms with Crippen LogP contribution in [0.2, 0.25) is 0 Å². The van der Waals surface area contributed by atoms with Crippen molar-refractivity contribution in [1.82, 2.24) is 0 Å². The number of hydrogen-bond donors (Lipinski definition) is 2. The Labute approximate surface area is 159 Å². The van der Waals surface area contributed by atoms with Gasteiger partial charge in [-0.3, -0.25) is 9.11 Å². The molecule has 28 heavy (non-hydrogen) atoms. The van der Waals surface area contributed by atoms with Gasteiger partial charge in [-0.2, -0.15) is 16.8 Å². The summed E-state index contributed by atoms with van der Waals surface area (Å²) in [7, 11) is -11.5. The van der Waals surface area contributed by atoms with Crippen molar-refractivity contribution >= 4 is 26.3 Å². The molecule has 1 aromatic carbocycles. The summed E-state index contributed by atoms with van der Waals surface area (Å²) >= 11 is 0. The van der Waals surface area contributed by atoms with E-state index >= 15 is 0 Å². The molecule has 0 fully saturated rings. The highest BCUT2D eigenvalue weighted by atomic mass is 32.3. The van der Waals surface area contributed by atoms with Crippen LogP contribution in [0.5, 0.6) is 0 Å². The van der Waals surface area contributed by atoms with Crippen LogP contribution in [0.3, 0.4) is 0 Å². The largest absolute Gasteiger partial charge is 0.292 e. The van der Waals surface area contributed by atoms with Crippen molar-refractivity contribution in [3.63, 3.8) is 0 Å². The highest BCUT2D eigenvalue weighted by Crippen LogP contribution is 2.45. The number of azide groups is 1. The third-order valence-corrected chi connectivity index (χ3v) is 7.44. The summed E-state index contributed by atoms with van der Waals surface area (Å²) in [6.07, 6.45) is 4.98. The van der Waals surface area contributed by atoms with Crippen molar-refractivity contribution in [1.29, 1.82) is 0 Å². The fourth-order valence-electron chi connectivity index (χ4n) is 2.59. The molecule has 146 valence electrons. The average molecular weight is 424 g/mol. The zero-order chi connectivity index (χ0) is 21.1. The fraction of sp³-hybridized carbons (Fsp3) is 0.143. The van der Waals surface area contributed by atoms with Gasteiger partial charge in [-0.05, 0) is 28.3 Å². The average Bonchev–Trinajstić information content (AvgIpc) is 2.60. The molecule has 0 aromatic heterocycles. The number of benzene rings is 1. The lowest BCUT2D eigenvalue weighted by Crippen LogP contribution is -2.60. The topological polar surface area (TPSA) is 206 Å². The molecule has 0 bridgehead atoms. The third kappa shape index (κ3) is 3.51. The predicted molar refractivity (Wildman–Crippen MR) is 99.6 cm³/mol. The van der Waals surface area contributed by atoms with E-state index in [1.165, 1.54) is 12.2 Å². The first kappa shape index (κ1) is 21.2. The minimum atomic E-state index is -5.74. The third-order valence-electron chi connectivity index (χ3n) is 3.81. The van der Waals surface area contributed by atoms with E-state index in [2.05, 4.69) is 20.1 Å². The van der Waals surface area contributed by atoms with Gasteiger partial charge in [0.1, 0.15) is 0 Å². The Hall–Kier alpha value is -3.12. The van der Waals surface area contributed by atoms with Gasteiger partial charge in [0.15, 0.2) is 5.66 Å². The van der Waals surface area contributed by atoms with Gasteiger partial charge in [0.25, 0.3) is 24.3 Å². The molecule has 1 aliphatic rings. The van der Waals surface area contributed by atoms with Crippen LogP contribution in [0.4, 0.5) is 0 Å². The Morgan fingerprint density at radius 1 is 0.929 bits per heavy atom. The summed E-state index contributed by atoms with van der Waals surface area (Å²) in [5.41, 5.74) is 15.0. The highest BCUT2D eigenvalue weighted by molar-refractivity contribution is 8.05. The zero-order valence-corrected chi connectivity index (χ0v) is 15.4. The lowest BCUT2D eigenvalue weighted by Gasteiger charge is -2.37. The maximum Gasteiger partial charge on any atom is 0.292 e. The van der Waals surface area contributed by atoms with E-state index in [0.717, 1.165) is 6.08 Å². The Morgan fingerprint density at radius 3 is 1.93 bits per heavy atom. The normalized spacial score (nSPS) is 21.4. The van der Waals surface area contributed by atoms with Gasteiger partial charge < -0.3 is 0 Å². The van der Waals surface area contributed by atoms with Gasteiger partial charge in [-0.25, -0.2) is 0 Å². The van der Waals surface area contributed by atoms with Crippen molar-refractivity contribution in [3.05, 3.63) is 86.7 Å². The number of nitrogens with zero attached hydrogens (tertiary/aromatic N) is 6. The number of hydrogen-bond acceptors (Lipinski definition) is 6. The van der Waals surface area contributed by atoms with Crippen LogP contribution in [0.25, 0.3) is 27.0 Å². The maximum absolute atomic E-state index is 12.1. The van der Waals surface area contributed by atoms with Crippen LogP contribution in [0, 0.1) is 0 Å². The molecule has 0 heterocycles. The first-order valence-electron chi connectivity index (χ1n) is 7.25. The monoisotopic (exact) mass is 424 g/mol. The van der Waals surface area contributed by atoms with Gasteiger partial charge in [0.05, 0.1) is 0 Å². The Balaban J connectivity index is 2.85. The molecule has 1 aliphatic carbocycles. The molecular formula is C14H12N6O6S2. The summed E-state index contributed by atoms with van der Waals surface area (Å²) in [6, 6.07) is 8.60. The Morgan fingerprint density at radius 2 is 1.46 bits per heavy atom. The molecule has 0 aliphatic heterocycles. The van der Waals surface area contributed by atoms with E-state index in [1.807, 2.05) is 0 Å². The van der Waals surface area contributed by atoms with Crippen LogP contribution in [-0.4, -0.2) is 35.7 Å². The number of allylic oxidation sites excluding steroid dienone is 3. The summed E-state index contributed by atoms with van der Waals surface area (Å²) < 4.78 is 64.0. The van der Waals surface area contributed by atoms with Crippen molar-refractivity contribution in [3.8, 4) is 0 Å². The first-order chi connectivity index (χ1) is 13.0. The molecule has 0 unspecified atom stereocenters. The SMILES string of the molecule is [N-]=[N+]=NC1(N=[N+]=[N-])C=CC(C=Cc2ccccc2)=CC1(S(=O)(=O)O)S(=O)(=O)O. The zero-order valence-electron chi connectivity index (χ0n) is 13.8. The van der Waals surface area contributed by atoms with E-state index in [9.17, 15) is 25.9 Å². The minimum Gasteiger partial charge on any atom is -0.284 e. The maximum atomic E-state index is 12.1. The molecule has 0 saturated carbocycles. The van der Waals surface area contributed by atoms with E-state index in [-0.39, 0.29) is 5.57 Å². The van der Waals surface area contributed by atoms with Crippen LogP contribution < -0.4 is 0 Å². The molecule has 2 rings (SSSR count). The first-order valence-corrected chi connectivity index (χ1v) is 10.1. The molecule has 1 aromatic rings. The molecule has 0 spiro atoms. The standard InChI is InChI=1S/C14H12N6O6S2/c15-19-17-13(18-20-16)9-8-12(7-6-11-4-2-1-3-5-11)10-14(13,27(21,22)23)28(24,25)26/h1-10H,(H,21,22,23)(H,24,25,26). The fourth-order valence-corrected chi connectivity index (χ4v) is 5.28. The van der Waals surface area contributed by atoms with Crippen molar-refractivity contribution < 1.29 is 25.9 Å². The van der Waals surface area contributed by atoms with Crippen LogP contribution in [0.1, 0.15) is 5.56 Å². The Kier molecular flexibility index (Phi) is 5.66. The van der Waals surface area contributed by atoms with Gasteiger partial charge in [-0.15, -0.1) is 0 Å². The second-order valence-electron chi connectivity index (χ2n) is 5.44. The lowest BCUT2D eigenvalue weighted by molar-refractivity contribution is 0.388. The minimum absolute atomic E-state index is 0.101. The molecule has 0 amide bonds. The van der Waals surface area contributed by atoms with E-state index in [1.54, 1.807) is 30.3 Å². The van der Waals surface area contributed by atoms with E-state index in [0.29, 0.717) is 17.7 Å². The van der Waals surface area contributed by atoms with Crippen molar-refractivity contribution in [2.24, 2.45) is 10.2 Å². The lowest BCUT2D eigenvalue weighted by atomic mass is 9.96. The van der Waals surface area contributed by atoms with Crippen LogP contribution >= 0.6 is 0 Å². The molecule has 0 radical (unpaired) electrons. The molecule has 0 saturated heterocycles. The van der Waals surface area contributed by atoms with Gasteiger partial charge >= 0.3 is 0 Å². The number of rotatable bonds is 6. The predicted octanol–water partition coefficient (Wildman–Crippen LogP) is 2.98. The second kappa shape index (κ2) is 7.48. The molecular weight excluding hydrogens is 412 g/mol. The molecule has 14 heteroatoms. The molecule has 2 N–H and O–H groups in total. The van der Waals surface area contributed by atoms with Crippen LogP contribution in [-0.2, 0) is 20.2 Å². The smallest absolute Gasteiger partial charge is 0.284 e. The van der Waals surface area contributed by atoms with Crippen molar-refractivity contribution in [2.75, 3.05) is 0 Å². The van der Waals surface area contributed by atoms with Gasteiger partial charge in [0.2, 0.25) is 0 Å². The quantitative estimate of drug-likeness (QED) is 0.303. The summed E-state index contributed by atoms with van der Waals surface area (Å²) in [4.78, 5) is 4.60. The van der Waals surface area contributed by atoms with E-state index in [4.69, 9.17) is 11.1 Å². The summed E-state index contributed by atoms with van der Waals surface area (Å²) in [5, 5.41) is 5.94. The second-order valence-corrected chi connectivity index (χ2v) is 8.89. The van der Waals surface area contributed by atoms with Crippen LogP contribution in [0.15, 0.2) is 70.4 Å². The van der Waals surface area contributed by atoms with Gasteiger partial charge in [-0.1, -0.05) is 64.9 Å². The van der Waals surface area contributed by atoms with Crippen molar-refractivity contribution in [2.45, 2.75) is 9.74 Å². The summed E-state index contributed by atoms with van der Waals surface area (Å²) in [5.74, 6) is 0. The molecule has 12 nitrogen and oxygen atoms in total. The van der Waals surface area contributed by atoms with Gasteiger partial charge in [0, 0.05) is 9.82 Å². The highest BCUT2D eigenvalue weighted by Gasteiger charge is 2.67. The summed E-state index contributed by atoms with van der Waals surface area (Å²) in [6.45, 7) is 0. The van der Waals surface area contributed by atoms with E-state index < -0.39 is 30.0 Å². The molecule has 0 atom stereocenters. The Bertz CT molecular complexity index is 1120.